The number of allylic oxidation sites excluding steroid dienone is 18. The minimum atomic E-state index is -0.788. The van der Waals surface area contributed by atoms with Crippen LogP contribution in [-0.4, -0.2) is 37.2 Å². The van der Waals surface area contributed by atoms with Crippen LogP contribution in [-0.2, 0) is 28.6 Å². The molecule has 0 aromatic heterocycles. The number of unbranched alkanes of at least 4 members (excludes halogenated alkanes) is 34. The van der Waals surface area contributed by atoms with Crippen molar-refractivity contribution < 1.29 is 28.6 Å². The Bertz CT molecular complexity index is 1640. The van der Waals surface area contributed by atoms with E-state index in [1.54, 1.807) is 0 Å². The van der Waals surface area contributed by atoms with Crippen molar-refractivity contribution in [1.82, 2.24) is 0 Å². The molecule has 470 valence electrons. The number of hydrogen-bond donors (Lipinski definition) is 0. The Morgan fingerprint density at radius 3 is 0.756 bits per heavy atom. The average molecular weight is 1140 g/mol. The number of esters is 3. The zero-order valence-electron chi connectivity index (χ0n) is 54.0. The van der Waals surface area contributed by atoms with Crippen LogP contribution in [0.5, 0.6) is 0 Å². The molecule has 0 aliphatic carbocycles. The maximum absolute atomic E-state index is 12.9. The second-order valence-electron chi connectivity index (χ2n) is 23.1. The first kappa shape index (κ1) is 78.1. The fourth-order valence-corrected chi connectivity index (χ4v) is 9.77. The second kappa shape index (κ2) is 69.6. The molecule has 0 aliphatic rings. The highest BCUT2D eigenvalue weighted by Crippen LogP contribution is 2.16. The van der Waals surface area contributed by atoms with Crippen LogP contribution in [0.1, 0.15) is 335 Å². The van der Waals surface area contributed by atoms with Crippen molar-refractivity contribution >= 4 is 17.9 Å². The standard InChI is InChI=1S/C76H130O6/c1-4-7-10-13-16-19-22-25-28-30-31-32-33-34-35-36-37-38-39-40-41-42-43-44-45-46-49-51-54-57-60-63-66-69-75(78)81-72-73(71-80-74(77)68-65-62-59-56-53-50-47-27-24-21-18-15-12-9-6-3)82-76(79)70-67-64-61-58-55-52-48-29-26-23-20-17-14-11-8-5-2/h7,10,16,19,25,27-29,31-32,34-35,37-38,40-41,47-48,73H,4-6,8-9,11-15,17-18,20-24,26,30,33,36,39,42-46,49-72H2,1-3H3/b10-7-,19-16-,28-25-,32-31-,35-34-,38-37-,41-40-,47-27-,48-29-. The minimum Gasteiger partial charge on any atom is -0.462 e. The summed E-state index contributed by atoms with van der Waals surface area (Å²) in [5.41, 5.74) is 0. The van der Waals surface area contributed by atoms with Gasteiger partial charge >= 0.3 is 17.9 Å². The van der Waals surface area contributed by atoms with E-state index in [0.717, 1.165) is 122 Å². The number of hydrogen-bond acceptors (Lipinski definition) is 6. The number of carbonyl (C=O) groups excluding carboxylic acids is 3. The average Bonchev–Trinajstić information content (AvgIpc) is 3.47. The van der Waals surface area contributed by atoms with Crippen molar-refractivity contribution in [2.45, 2.75) is 341 Å². The topological polar surface area (TPSA) is 78.9 Å². The van der Waals surface area contributed by atoms with Gasteiger partial charge in [0.15, 0.2) is 6.10 Å². The molecule has 0 rings (SSSR count). The first-order chi connectivity index (χ1) is 40.5. The molecule has 0 aromatic carbocycles. The van der Waals surface area contributed by atoms with Gasteiger partial charge in [0.05, 0.1) is 0 Å². The van der Waals surface area contributed by atoms with E-state index in [2.05, 4.69) is 130 Å². The molecule has 1 unspecified atom stereocenters. The first-order valence-electron chi connectivity index (χ1n) is 34.9. The van der Waals surface area contributed by atoms with Gasteiger partial charge in [-0.3, -0.25) is 14.4 Å². The summed E-state index contributed by atoms with van der Waals surface area (Å²) in [6.45, 7) is 6.53. The molecule has 0 bridgehead atoms. The lowest BCUT2D eigenvalue weighted by atomic mass is 10.0. The van der Waals surface area contributed by atoms with Gasteiger partial charge in [0.2, 0.25) is 0 Å². The van der Waals surface area contributed by atoms with Crippen LogP contribution in [0.15, 0.2) is 109 Å². The van der Waals surface area contributed by atoms with Crippen molar-refractivity contribution in [3.8, 4) is 0 Å². The first-order valence-corrected chi connectivity index (χ1v) is 34.9. The maximum Gasteiger partial charge on any atom is 0.306 e. The molecule has 0 saturated heterocycles. The summed E-state index contributed by atoms with van der Waals surface area (Å²) in [5.74, 6) is -0.891. The molecule has 0 heterocycles. The Morgan fingerprint density at radius 1 is 0.256 bits per heavy atom. The summed E-state index contributed by atoms with van der Waals surface area (Å²) >= 11 is 0. The zero-order chi connectivity index (χ0) is 59.2. The summed E-state index contributed by atoms with van der Waals surface area (Å²) in [6, 6.07) is 0. The molecule has 6 nitrogen and oxygen atoms in total. The highest BCUT2D eigenvalue weighted by Gasteiger charge is 2.19. The fourth-order valence-electron chi connectivity index (χ4n) is 9.77. The Kier molecular flexibility index (Phi) is 66.2. The lowest BCUT2D eigenvalue weighted by Crippen LogP contribution is -2.30. The van der Waals surface area contributed by atoms with Gasteiger partial charge in [0, 0.05) is 19.3 Å². The zero-order valence-corrected chi connectivity index (χ0v) is 54.0. The van der Waals surface area contributed by atoms with Gasteiger partial charge in [-0.1, -0.05) is 297 Å². The molecule has 0 radical (unpaired) electrons. The van der Waals surface area contributed by atoms with Crippen LogP contribution in [0.4, 0.5) is 0 Å². The lowest BCUT2D eigenvalue weighted by Gasteiger charge is -2.18. The predicted octanol–water partition coefficient (Wildman–Crippen LogP) is 24.2. The Labute approximate surface area is 508 Å². The van der Waals surface area contributed by atoms with Crippen molar-refractivity contribution in [1.29, 1.82) is 0 Å². The predicted molar refractivity (Wildman–Crippen MR) is 357 cm³/mol. The maximum atomic E-state index is 12.9. The number of rotatable bonds is 63. The molecule has 1 atom stereocenters. The third-order valence-corrected chi connectivity index (χ3v) is 15.0. The molecule has 82 heavy (non-hydrogen) atoms. The Balaban J connectivity index is 4.26. The fraction of sp³-hybridized carbons (Fsp3) is 0.724. The van der Waals surface area contributed by atoms with Gasteiger partial charge in [0.1, 0.15) is 13.2 Å². The molecule has 6 heteroatoms. The van der Waals surface area contributed by atoms with E-state index in [1.807, 2.05) is 0 Å². The van der Waals surface area contributed by atoms with E-state index in [0.29, 0.717) is 19.3 Å². The highest BCUT2D eigenvalue weighted by molar-refractivity contribution is 5.71. The van der Waals surface area contributed by atoms with Gasteiger partial charge in [-0.2, -0.15) is 0 Å². The molecule has 0 N–H and O–H groups in total. The number of carbonyl (C=O) groups is 3. The van der Waals surface area contributed by atoms with Crippen molar-refractivity contribution in [3.63, 3.8) is 0 Å². The highest BCUT2D eigenvalue weighted by atomic mass is 16.6. The quantitative estimate of drug-likeness (QED) is 0.0261. The van der Waals surface area contributed by atoms with Crippen LogP contribution < -0.4 is 0 Å². The van der Waals surface area contributed by atoms with E-state index >= 15 is 0 Å². The molecule has 0 fully saturated rings. The SMILES string of the molecule is CC/C=C\C/C=C\C/C=C\C/C=C\C/C=C\C/C=C\C/C=C\CCCCCCCCCCCCCC(=O)OCC(COC(=O)CCCCCCC/C=C\CCCCCCCC)OC(=O)CCCCCCC/C=C\CCCCCCCCC. The van der Waals surface area contributed by atoms with Crippen molar-refractivity contribution in [2.75, 3.05) is 13.2 Å². The van der Waals surface area contributed by atoms with Gasteiger partial charge in [-0.15, -0.1) is 0 Å². The van der Waals surface area contributed by atoms with E-state index < -0.39 is 6.10 Å². The molecular weight excluding hydrogens is 1010 g/mol. The summed E-state index contributed by atoms with van der Waals surface area (Å²) in [5, 5.41) is 0. The van der Waals surface area contributed by atoms with Crippen molar-refractivity contribution in [3.05, 3.63) is 109 Å². The Hall–Kier alpha value is -3.93. The van der Waals surface area contributed by atoms with Crippen molar-refractivity contribution in [2.24, 2.45) is 0 Å². The Morgan fingerprint density at radius 2 is 0.476 bits per heavy atom. The van der Waals surface area contributed by atoms with E-state index in [1.165, 1.54) is 173 Å². The van der Waals surface area contributed by atoms with Gasteiger partial charge < -0.3 is 14.2 Å². The monoisotopic (exact) mass is 1140 g/mol. The smallest absolute Gasteiger partial charge is 0.306 e. The molecule has 0 aliphatic heterocycles. The van der Waals surface area contributed by atoms with Crippen LogP contribution in [0.3, 0.4) is 0 Å². The van der Waals surface area contributed by atoms with Gasteiger partial charge in [0.25, 0.3) is 0 Å². The number of ether oxygens (including phenoxy) is 3. The summed E-state index contributed by atoms with van der Waals surface area (Å²) in [4.78, 5) is 38.4. The normalized spacial score (nSPS) is 12.8. The molecule has 0 aromatic rings. The summed E-state index contributed by atoms with van der Waals surface area (Å²) in [7, 11) is 0. The van der Waals surface area contributed by atoms with E-state index in [-0.39, 0.29) is 31.1 Å². The third-order valence-electron chi connectivity index (χ3n) is 15.0. The minimum absolute atomic E-state index is 0.0838. The third kappa shape index (κ3) is 66.9. The van der Waals surface area contributed by atoms with Crippen LogP contribution >= 0.6 is 0 Å². The van der Waals surface area contributed by atoms with E-state index in [4.69, 9.17) is 14.2 Å². The second-order valence-corrected chi connectivity index (χ2v) is 23.1. The summed E-state index contributed by atoms with van der Waals surface area (Å²) < 4.78 is 16.9. The molecule has 0 amide bonds. The molecule has 0 spiro atoms. The largest absolute Gasteiger partial charge is 0.462 e. The van der Waals surface area contributed by atoms with Crippen LogP contribution in [0.2, 0.25) is 0 Å². The summed E-state index contributed by atoms with van der Waals surface area (Å²) in [6.07, 6.45) is 95.4. The van der Waals surface area contributed by atoms with Crippen LogP contribution in [0.25, 0.3) is 0 Å². The van der Waals surface area contributed by atoms with Gasteiger partial charge in [-0.25, -0.2) is 0 Å². The molecule has 0 saturated carbocycles. The molecular formula is C76H130O6. The lowest BCUT2D eigenvalue weighted by molar-refractivity contribution is -0.167. The van der Waals surface area contributed by atoms with E-state index in [9.17, 15) is 14.4 Å². The van der Waals surface area contributed by atoms with Gasteiger partial charge in [-0.05, 0) is 128 Å². The van der Waals surface area contributed by atoms with Crippen LogP contribution in [0, 0.1) is 0 Å².